The zero-order chi connectivity index (χ0) is 13.4. The molecule has 102 valence electrons. The Balaban J connectivity index is 1.71. The zero-order valence-corrected chi connectivity index (χ0v) is 11.5. The largest absolute Gasteiger partial charge is 0.373 e. The van der Waals surface area contributed by atoms with Crippen molar-refractivity contribution in [3.8, 4) is 0 Å². The fraction of sp³-hybridized carbons (Fsp3) is 0.600. The molecule has 0 aliphatic carbocycles. The van der Waals surface area contributed by atoms with E-state index in [9.17, 15) is 4.79 Å². The summed E-state index contributed by atoms with van der Waals surface area (Å²) in [5.74, 6) is 0.662. The highest BCUT2D eigenvalue weighted by molar-refractivity contribution is 5.92. The molecule has 4 nitrogen and oxygen atoms in total. The number of amides is 1. The van der Waals surface area contributed by atoms with Gasteiger partial charge in [-0.2, -0.15) is 0 Å². The zero-order valence-electron chi connectivity index (χ0n) is 11.5. The fourth-order valence-corrected chi connectivity index (χ4v) is 3.18. The molecule has 3 atom stereocenters. The minimum absolute atomic E-state index is 0.0327. The molecule has 1 aromatic heterocycles. The van der Waals surface area contributed by atoms with Gasteiger partial charge < -0.3 is 9.64 Å². The van der Waals surface area contributed by atoms with E-state index in [0.717, 1.165) is 25.1 Å². The van der Waals surface area contributed by atoms with Gasteiger partial charge in [0, 0.05) is 18.8 Å². The quantitative estimate of drug-likeness (QED) is 0.776. The Hall–Kier alpha value is -1.42. The summed E-state index contributed by atoms with van der Waals surface area (Å²) in [6.45, 7) is 5.56. The number of likely N-dealkylation sites (tertiary alicyclic amines) is 1. The number of hydrogen-bond donors (Lipinski definition) is 0. The van der Waals surface area contributed by atoms with E-state index in [1.807, 2.05) is 24.0 Å². The molecule has 2 aliphatic heterocycles. The summed E-state index contributed by atoms with van der Waals surface area (Å²) in [7, 11) is 0. The summed E-state index contributed by atoms with van der Waals surface area (Å²) >= 11 is 0. The van der Waals surface area contributed by atoms with Gasteiger partial charge >= 0.3 is 0 Å². The standard InChI is InChI=1S/C15H20N2O2/c1-10-4-3-5-13(16-10)15(18)17-7-6-12-8-11(2)19-14(12)9-17/h3-5,11-12,14H,6-9H2,1-2H3/t11-,12-,14+/m1/s1. The van der Waals surface area contributed by atoms with Gasteiger partial charge in [0.05, 0.1) is 12.2 Å². The van der Waals surface area contributed by atoms with Crippen molar-refractivity contribution in [1.29, 1.82) is 0 Å². The third-order valence-corrected chi connectivity index (χ3v) is 4.13. The Morgan fingerprint density at radius 1 is 1.47 bits per heavy atom. The number of fused-ring (bicyclic) bond motifs is 1. The smallest absolute Gasteiger partial charge is 0.272 e. The number of piperidine rings is 1. The third kappa shape index (κ3) is 2.50. The minimum Gasteiger partial charge on any atom is -0.373 e. The van der Waals surface area contributed by atoms with E-state index in [1.165, 1.54) is 0 Å². The highest BCUT2D eigenvalue weighted by Crippen LogP contribution is 2.33. The molecule has 1 aromatic rings. The maximum atomic E-state index is 12.4. The van der Waals surface area contributed by atoms with Gasteiger partial charge in [-0.05, 0) is 44.7 Å². The van der Waals surface area contributed by atoms with Crippen molar-refractivity contribution >= 4 is 5.91 Å². The van der Waals surface area contributed by atoms with Crippen molar-refractivity contribution in [3.05, 3.63) is 29.6 Å². The lowest BCUT2D eigenvalue weighted by molar-refractivity contribution is 0.00138. The second kappa shape index (κ2) is 4.93. The number of carbonyl (C=O) groups is 1. The summed E-state index contributed by atoms with van der Waals surface area (Å²) in [6, 6.07) is 5.58. The van der Waals surface area contributed by atoms with Gasteiger partial charge in [-0.25, -0.2) is 4.98 Å². The van der Waals surface area contributed by atoms with Crippen molar-refractivity contribution in [1.82, 2.24) is 9.88 Å². The minimum atomic E-state index is 0.0327. The average molecular weight is 260 g/mol. The third-order valence-electron chi connectivity index (χ3n) is 4.13. The number of ether oxygens (including phenoxy) is 1. The van der Waals surface area contributed by atoms with Crippen molar-refractivity contribution in [3.63, 3.8) is 0 Å². The molecule has 3 rings (SSSR count). The van der Waals surface area contributed by atoms with Crippen molar-refractivity contribution in [2.45, 2.75) is 38.9 Å². The molecule has 2 aliphatic rings. The van der Waals surface area contributed by atoms with E-state index in [2.05, 4.69) is 11.9 Å². The normalized spacial score (nSPS) is 30.2. The van der Waals surface area contributed by atoms with Crippen molar-refractivity contribution < 1.29 is 9.53 Å². The van der Waals surface area contributed by atoms with Crippen molar-refractivity contribution in [2.75, 3.05) is 13.1 Å². The monoisotopic (exact) mass is 260 g/mol. The van der Waals surface area contributed by atoms with Gasteiger partial charge in [-0.15, -0.1) is 0 Å². The summed E-state index contributed by atoms with van der Waals surface area (Å²) in [5.41, 5.74) is 1.43. The first-order chi connectivity index (χ1) is 9.13. The van der Waals surface area contributed by atoms with Crippen LogP contribution in [0.3, 0.4) is 0 Å². The number of rotatable bonds is 1. The molecule has 0 radical (unpaired) electrons. The Kier molecular flexibility index (Phi) is 3.27. The SMILES string of the molecule is Cc1cccc(C(=O)N2CC[C@@H]3C[C@@H](C)O[C@H]3C2)n1. The van der Waals surface area contributed by atoms with Crippen LogP contribution in [0.5, 0.6) is 0 Å². The van der Waals surface area contributed by atoms with Crippen LogP contribution in [-0.4, -0.2) is 41.1 Å². The van der Waals surface area contributed by atoms with Crippen LogP contribution in [0.2, 0.25) is 0 Å². The maximum Gasteiger partial charge on any atom is 0.272 e. The highest BCUT2D eigenvalue weighted by atomic mass is 16.5. The predicted octanol–water partition coefficient (Wildman–Crippen LogP) is 2.03. The van der Waals surface area contributed by atoms with E-state index in [0.29, 0.717) is 24.3 Å². The Morgan fingerprint density at radius 2 is 2.32 bits per heavy atom. The topological polar surface area (TPSA) is 42.4 Å². The Morgan fingerprint density at radius 3 is 3.11 bits per heavy atom. The van der Waals surface area contributed by atoms with Crippen LogP contribution in [0.25, 0.3) is 0 Å². The second-order valence-corrected chi connectivity index (χ2v) is 5.68. The average Bonchev–Trinajstić information content (AvgIpc) is 2.76. The second-order valence-electron chi connectivity index (χ2n) is 5.68. The van der Waals surface area contributed by atoms with Crippen LogP contribution in [0.15, 0.2) is 18.2 Å². The highest BCUT2D eigenvalue weighted by Gasteiger charge is 2.38. The molecule has 1 amide bonds. The lowest BCUT2D eigenvalue weighted by Gasteiger charge is -2.33. The molecule has 4 heteroatoms. The molecule has 3 heterocycles. The van der Waals surface area contributed by atoms with E-state index >= 15 is 0 Å². The first kappa shape index (κ1) is 12.6. The van der Waals surface area contributed by atoms with Crippen molar-refractivity contribution in [2.24, 2.45) is 5.92 Å². The van der Waals surface area contributed by atoms with Crippen LogP contribution < -0.4 is 0 Å². The van der Waals surface area contributed by atoms with Gasteiger partial charge in [0.15, 0.2) is 0 Å². The van der Waals surface area contributed by atoms with E-state index < -0.39 is 0 Å². The van der Waals surface area contributed by atoms with E-state index in [4.69, 9.17) is 4.74 Å². The number of pyridine rings is 1. The van der Waals surface area contributed by atoms with Gasteiger partial charge in [0.2, 0.25) is 0 Å². The van der Waals surface area contributed by atoms with Crippen LogP contribution in [0.4, 0.5) is 0 Å². The first-order valence-corrected chi connectivity index (χ1v) is 7.02. The number of nitrogens with zero attached hydrogens (tertiary/aromatic N) is 2. The Labute approximate surface area is 113 Å². The molecule has 0 N–H and O–H groups in total. The van der Waals surface area contributed by atoms with Crippen LogP contribution >= 0.6 is 0 Å². The molecule has 2 fully saturated rings. The molecule has 19 heavy (non-hydrogen) atoms. The summed E-state index contributed by atoms with van der Waals surface area (Å²) in [6.07, 6.45) is 2.74. The van der Waals surface area contributed by atoms with E-state index in [1.54, 1.807) is 6.07 Å². The summed E-state index contributed by atoms with van der Waals surface area (Å²) in [5, 5.41) is 0. The van der Waals surface area contributed by atoms with Crippen LogP contribution in [0, 0.1) is 12.8 Å². The van der Waals surface area contributed by atoms with Gasteiger partial charge in [-0.3, -0.25) is 4.79 Å². The molecular formula is C15H20N2O2. The molecular weight excluding hydrogens is 240 g/mol. The number of carbonyl (C=O) groups excluding carboxylic acids is 1. The van der Waals surface area contributed by atoms with E-state index in [-0.39, 0.29) is 12.0 Å². The number of hydrogen-bond acceptors (Lipinski definition) is 3. The first-order valence-electron chi connectivity index (χ1n) is 7.02. The van der Waals surface area contributed by atoms with Gasteiger partial charge in [0.1, 0.15) is 5.69 Å². The number of aromatic nitrogens is 1. The molecule has 0 spiro atoms. The molecule has 0 unspecified atom stereocenters. The molecule has 0 aromatic carbocycles. The van der Waals surface area contributed by atoms with Gasteiger partial charge in [0.25, 0.3) is 5.91 Å². The van der Waals surface area contributed by atoms with Crippen LogP contribution in [-0.2, 0) is 4.74 Å². The molecule has 0 saturated carbocycles. The lowest BCUT2D eigenvalue weighted by Crippen LogP contribution is -2.45. The lowest BCUT2D eigenvalue weighted by atomic mass is 9.92. The Bertz CT molecular complexity index is 489. The summed E-state index contributed by atoms with van der Waals surface area (Å²) < 4.78 is 5.89. The van der Waals surface area contributed by atoms with Crippen LogP contribution in [0.1, 0.15) is 35.9 Å². The van der Waals surface area contributed by atoms with Gasteiger partial charge in [-0.1, -0.05) is 6.07 Å². The fourth-order valence-electron chi connectivity index (χ4n) is 3.18. The molecule has 2 saturated heterocycles. The predicted molar refractivity (Wildman–Crippen MR) is 71.9 cm³/mol. The summed E-state index contributed by atoms with van der Waals surface area (Å²) in [4.78, 5) is 18.6. The maximum absolute atomic E-state index is 12.4. The number of aryl methyl sites for hydroxylation is 1. The molecule has 0 bridgehead atoms.